The minimum Gasteiger partial charge on any atom is -0.481 e. The van der Waals surface area contributed by atoms with Gasteiger partial charge in [0.25, 0.3) is 10.7 Å². The summed E-state index contributed by atoms with van der Waals surface area (Å²) in [5, 5.41) is 4.48. The van der Waals surface area contributed by atoms with Gasteiger partial charge in [0.15, 0.2) is 6.10 Å². The van der Waals surface area contributed by atoms with Gasteiger partial charge in [0.1, 0.15) is 11.6 Å². The van der Waals surface area contributed by atoms with Crippen LogP contribution in [0.3, 0.4) is 0 Å². The molecule has 1 aliphatic rings. The van der Waals surface area contributed by atoms with Gasteiger partial charge in [-0.2, -0.15) is 0 Å². The number of anilines is 1. The maximum Gasteiger partial charge on any atom is 0.288 e. The molecule has 0 spiro atoms. The first kappa shape index (κ1) is 19.5. The second-order valence-corrected chi connectivity index (χ2v) is 7.22. The Morgan fingerprint density at radius 3 is 2.48 bits per heavy atom. The van der Waals surface area contributed by atoms with Gasteiger partial charge < -0.3 is 14.1 Å². The zero-order valence-corrected chi connectivity index (χ0v) is 16.9. The van der Waals surface area contributed by atoms with Crippen molar-refractivity contribution in [2.75, 3.05) is 31.1 Å². The summed E-state index contributed by atoms with van der Waals surface area (Å²) in [7, 11) is 0. The van der Waals surface area contributed by atoms with Crippen LogP contribution in [-0.4, -0.2) is 45.8 Å². The third-order valence-corrected chi connectivity index (χ3v) is 5.12. The van der Waals surface area contributed by atoms with E-state index in [9.17, 15) is 4.39 Å². The third kappa shape index (κ3) is 4.80. The maximum atomic E-state index is 13.0. The van der Waals surface area contributed by atoms with Gasteiger partial charge in [0.05, 0.1) is 6.67 Å². The van der Waals surface area contributed by atoms with Crippen LogP contribution in [0.1, 0.15) is 18.9 Å². The number of hydrogen-bond donors (Lipinski definition) is 0. The summed E-state index contributed by atoms with van der Waals surface area (Å²) < 4.78 is 26.1. The molecular formula is C20H22FN5O2S. The van der Waals surface area contributed by atoms with Gasteiger partial charge in [-0.1, -0.05) is 0 Å². The molecule has 2 aromatic heterocycles. The van der Waals surface area contributed by atoms with Crippen LogP contribution in [0.2, 0.25) is 0 Å². The van der Waals surface area contributed by atoms with Crippen molar-refractivity contribution >= 4 is 17.9 Å². The van der Waals surface area contributed by atoms with Gasteiger partial charge in [-0.3, -0.25) is 9.88 Å². The van der Waals surface area contributed by atoms with E-state index >= 15 is 0 Å². The standard InChI is InChI=1S/C20H22FN5O2S/c1-15(27-18-4-2-16(21)3-5-18)19-23-26(20(29)28-19)14-24-10-12-25(13-11-24)17-6-8-22-9-7-17/h2-9,15H,10-14H2,1H3/t15-/m1/s1. The Morgan fingerprint density at radius 1 is 1.10 bits per heavy atom. The Kier molecular flexibility index (Phi) is 5.86. The highest BCUT2D eigenvalue weighted by atomic mass is 32.1. The minimum atomic E-state index is -0.438. The number of ether oxygens (including phenoxy) is 1. The first-order valence-corrected chi connectivity index (χ1v) is 9.87. The molecule has 1 aliphatic heterocycles. The Morgan fingerprint density at radius 2 is 1.79 bits per heavy atom. The van der Waals surface area contributed by atoms with Crippen LogP contribution in [0.5, 0.6) is 5.75 Å². The summed E-state index contributed by atoms with van der Waals surface area (Å²) in [5.74, 6) is 0.632. The molecule has 1 aromatic carbocycles. The van der Waals surface area contributed by atoms with Crippen molar-refractivity contribution in [2.24, 2.45) is 0 Å². The lowest BCUT2D eigenvalue weighted by Crippen LogP contribution is -2.47. The van der Waals surface area contributed by atoms with Crippen LogP contribution in [0.4, 0.5) is 10.1 Å². The molecule has 152 valence electrons. The van der Waals surface area contributed by atoms with Gasteiger partial charge in [0, 0.05) is 44.3 Å². The van der Waals surface area contributed by atoms with Gasteiger partial charge in [0.2, 0.25) is 0 Å². The van der Waals surface area contributed by atoms with Crippen molar-refractivity contribution in [3.63, 3.8) is 0 Å². The third-order valence-electron chi connectivity index (χ3n) is 4.83. The highest BCUT2D eigenvalue weighted by Crippen LogP contribution is 2.21. The Bertz CT molecular complexity index is 984. The molecule has 0 radical (unpaired) electrons. The smallest absolute Gasteiger partial charge is 0.288 e. The van der Waals surface area contributed by atoms with Crippen molar-refractivity contribution in [3.05, 3.63) is 65.3 Å². The van der Waals surface area contributed by atoms with Crippen LogP contribution in [0, 0.1) is 10.7 Å². The molecular weight excluding hydrogens is 393 g/mol. The number of piperazine rings is 1. The molecule has 29 heavy (non-hydrogen) atoms. The van der Waals surface area contributed by atoms with Crippen molar-refractivity contribution in [2.45, 2.75) is 19.7 Å². The van der Waals surface area contributed by atoms with E-state index in [0.717, 1.165) is 26.2 Å². The lowest BCUT2D eigenvalue weighted by Gasteiger charge is -2.35. The summed E-state index contributed by atoms with van der Waals surface area (Å²) in [6.45, 7) is 6.03. The lowest BCUT2D eigenvalue weighted by molar-refractivity contribution is 0.185. The molecule has 0 saturated carbocycles. The van der Waals surface area contributed by atoms with Gasteiger partial charge in [-0.15, -0.1) is 5.10 Å². The zero-order chi connectivity index (χ0) is 20.2. The van der Waals surface area contributed by atoms with E-state index in [1.807, 2.05) is 31.5 Å². The van der Waals surface area contributed by atoms with Crippen LogP contribution >= 0.6 is 12.2 Å². The molecule has 0 bridgehead atoms. The zero-order valence-electron chi connectivity index (χ0n) is 16.1. The van der Waals surface area contributed by atoms with Crippen LogP contribution < -0.4 is 9.64 Å². The predicted molar refractivity (Wildman–Crippen MR) is 109 cm³/mol. The lowest BCUT2D eigenvalue weighted by atomic mass is 10.3. The van der Waals surface area contributed by atoms with E-state index in [1.165, 1.54) is 17.8 Å². The summed E-state index contributed by atoms with van der Waals surface area (Å²) in [6, 6.07) is 9.89. The molecule has 4 rings (SSSR count). The van der Waals surface area contributed by atoms with Crippen LogP contribution in [0.15, 0.2) is 53.2 Å². The fraction of sp³-hybridized carbons (Fsp3) is 0.350. The molecule has 0 amide bonds. The number of rotatable bonds is 6. The average Bonchev–Trinajstić information content (AvgIpc) is 3.11. The number of halogens is 1. The summed E-state index contributed by atoms with van der Waals surface area (Å²) >= 11 is 5.33. The highest BCUT2D eigenvalue weighted by Gasteiger charge is 2.20. The Hall–Kier alpha value is -2.78. The molecule has 0 aliphatic carbocycles. The van der Waals surface area contributed by atoms with Crippen LogP contribution in [0.25, 0.3) is 0 Å². The number of aromatic nitrogens is 3. The Balaban J connectivity index is 1.35. The van der Waals surface area contributed by atoms with Crippen LogP contribution in [-0.2, 0) is 6.67 Å². The molecule has 7 nitrogen and oxygen atoms in total. The number of hydrogen-bond acceptors (Lipinski definition) is 7. The van der Waals surface area contributed by atoms with E-state index < -0.39 is 6.10 Å². The normalized spacial score (nSPS) is 16.0. The molecule has 1 saturated heterocycles. The van der Waals surface area contributed by atoms with Gasteiger partial charge >= 0.3 is 0 Å². The predicted octanol–water partition coefficient (Wildman–Crippen LogP) is 3.66. The Labute approximate surface area is 173 Å². The van der Waals surface area contributed by atoms with Gasteiger partial charge in [-0.25, -0.2) is 9.07 Å². The molecule has 0 unspecified atom stereocenters. The average molecular weight is 415 g/mol. The maximum absolute atomic E-state index is 13.0. The van der Waals surface area contributed by atoms with Crippen molar-refractivity contribution < 1.29 is 13.5 Å². The summed E-state index contributed by atoms with van der Waals surface area (Å²) in [4.78, 5) is 9.00. The second kappa shape index (κ2) is 8.71. The summed E-state index contributed by atoms with van der Waals surface area (Å²) in [5.41, 5.74) is 1.19. The topological polar surface area (TPSA) is 59.6 Å². The van der Waals surface area contributed by atoms with Crippen molar-refractivity contribution in [1.29, 1.82) is 0 Å². The summed E-state index contributed by atoms with van der Waals surface area (Å²) in [6.07, 6.45) is 3.19. The van der Waals surface area contributed by atoms with Crippen molar-refractivity contribution in [3.8, 4) is 5.75 Å². The monoisotopic (exact) mass is 415 g/mol. The minimum absolute atomic E-state index is 0.309. The van der Waals surface area contributed by atoms with E-state index in [0.29, 0.717) is 23.1 Å². The first-order chi connectivity index (χ1) is 14.1. The molecule has 3 aromatic rings. The SMILES string of the molecule is C[C@@H](Oc1ccc(F)cc1)c1nn(CN2CCN(c3ccncc3)CC2)c(=S)o1. The number of benzene rings is 1. The fourth-order valence-corrected chi connectivity index (χ4v) is 3.42. The van der Waals surface area contributed by atoms with Gasteiger partial charge in [-0.05, 0) is 55.5 Å². The fourth-order valence-electron chi connectivity index (χ4n) is 3.24. The molecule has 9 heteroatoms. The van der Waals surface area contributed by atoms with E-state index in [4.69, 9.17) is 21.4 Å². The quantitative estimate of drug-likeness (QED) is 0.570. The largest absolute Gasteiger partial charge is 0.481 e. The highest BCUT2D eigenvalue weighted by molar-refractivity contribution is 7.71. The first-order valence-electron chi connectivity index (χ1n) is 9.46. The molecule has 1 fully saturated rings. The molecule has 0 N–H and O–H groups in total. The van der Waals surface area contributed by atoms with E-state index in [1.54, 1.807) is 16.8 Å². The molecule has 1 atom stereocenters. The molecule has 3 heterocycles. The van der Waals surface area contributed by atoms with E-state index in [-0.39, 0.29) is 5.82 Å². The number of nitrogens with zero attached hydrogens (tertiary/aromatic N) is 5. The number of pyridine rings is 1. The van der Waals surface area contributed by atoms with Crippen molar-refractivity contribution in [1.82, 2.24) is 19.7 Å². The second-order valence-electron chi connectivity index (χ2n) is 6.87. The van der Waals surface area contributed by atoms with E-state index in [2.05, 4.69) is 19.9 Å².